The lowest BCUT2D eigenvalue weighted by Gasteiger charge is -2.21. The quantitative estimate of drug-likeness (QED) is 0.671. The first kappa shape index (κ1) is 20.8. The molecular formula is C12H23ClN4O4S. The summed E-state index contributed by atoms with van der Waals surface area (Å²) in [4.78, 5) is 11.8. The standard InChI is InChI=1S/C12H22N4O4S.ClH/c1-7-10(9(3)20-15-7)21(18,19)16-8(2)11(17)14-6-12(4,5)13;/h8,16H,6,13H2,1-5H3,(H,14,17);1H. The van der Waals surface area contributed by atoms with Crippen LogP contribution >= 0.6 is 12.4 Å². The zero-order valence-corrected chi connectivity index (χ0v) is 14.9. The molecule has 1 atom stereocenters. The fourth-order valence-electron chi connectivity index (χ4n) is 1.67. The zero-order chi connectivity index (χ0) is 16.4. The molecule has 4 N–H and O–H groups in total. The predicted octanol–water partition coefficient (Wildman–Crippen LogP) is 0.234. The van der Waals surface area contributed by atoms with Gasteiger partial charge in [0.05, 0.1) is 6.04 Å². The SMILES string of the molecule is Cc1noc(C)c1S(=O)(=O)NC(C)C(=O)NCC(C)(C)N.Cl. The van der Waals surface area contributed by atoms with Crippen LogP contribution in [0.4, 0.5) is 0 Å². The molecule has 22 heavy (non-hydrogen) atoms. The number of sulfonamides is 1. The van der Waals surface area contributed by atoms with E-state index in [2.05, 4.69) is 15.2 Å². The number of hydrogen-bond acceptors (Lipinski definition) is 6. The van der Waals surface area contributed by atoms with Gasteiger partial charge in [-0.2, -0.15) is 4.72 Å². The number of aromatic nitrogens is 1. The van der Waals surface area contributed by atoms with Crippen LogP contribution in [-0.2, 0) is 14.8 Å². The van der Waals surface area contributed by atoms with Gasteiger partial charge in [-0.15, -0.1) is 12.4 Å². The van der Waals surface area contributed by atoms with Gasteiger partial charge in [-0.25, -0.2) is 8.42 Å². The summed E-state index contributed by atoms with van der Waals surface area (Å²) >= 11 is 0. The highest BCUT2D eigenvalue weighted by Crippen LogP contribution is 2.18. The Morgan fingerprint density at radius 3 is 2.36 bits per heavy atom. The molecule has 0 spiro atoms. The summed E-state index contributed by atoms with van der Waals surface area (Å²) in [5, 5.41) is 6.18. The maximum Gasteiger partial charge on any atom is 0.246 e. The topological polar surface area (TPSA) is 127 Å². The Balaban J connectivity index is 0.00000441. The number of aryl methyl sites for hydroxylation is 2. The molecule has 0 aliphatic heterocycles. The predicted molar refractivity (Wildman–Crippen MR) is 84.3 cm³/mol. The van der Waals surface area contributed by atoms with E-state index in [0.29, 0.717) is 0 Å². The molecule has 1 rings (SSSR count). The second kappa shape index (κ2) is 7.40. The van der Waals surface area contributed by atoms with Gasteiger partial charge in [-0.1, -0.05) is 5.16 Å². The van der Waals surface area contributed by atoms with E-state index in [0.717, 1.165) is 0 Å². The van der Waals surface area contributed by atoms with Crippen LogP contribution in [-0.4, -0.2) is 37.6 Å². The van der Waals surface area contributed by atoms with E-state index >= 15 is 0 Å². The molecule has 0 aromatic carbocycles. The largest absolute Gasteiger partial charge is 0.360 e. The molecule has 8 nitrogen and oxygen atoms in total. The third-order valence-electron chi connectivity index (χ3n) is 2.68. The lowest BCUT2D eigenvalue weighted by atomic mass is 10.1. The van der Waals surface area contributed by atoms with Crippen LogP contribution in [0, 0.1) is 13.8 Å². The number of nitrogens with zero attached hydrogens (tertiary/aromatic N) is 1. The molecule has 0 aliphatic rings. The maximum absolute atomic E-state index is 12.2. The van der Waals surface area contributed by atoms with Gasteiger partial charge < -0.3 is 15.6 Å². The zero-order valence-electron chi connectivity index (χ0n) is 13.3. The number of halogens is 1. The van der Waals surface area contributed by atoms with Crippen molar-refractivity contribution in [2.45, 2.75) is 51.1 Å². The summed E-state index contributed by atoms with van der Waals surface area (Å²) in [6.07, 6.45) is 0. The Bertz CT molecular complexity index is 602. The van der Waals surface area contributed by atoms with E-state index < -0.39 is 27.5 Å². The lowest BCUT2D eigenvalue weighted by molar-refractivity contribution is -0.122. The minimum absolute atomic E-state index is 0. The third-order valence-corrected chi connectivity index (χ3v) is 4.46. The van der Waals surface area contributed by atoms with E-state index in [9.17, 15) is 13.2 Å². The molecule has 0 fully saturated rings. The van der Waals surface area contributed by atoms with Crippen molar-refractivity contribution in [3.8, 4) is 0 Å². The molecule has 0 aliphatic carbocycles. The third kappa shape index (κ3) is 5.56. The Kier molecular flexibility index (Phi) is 7.01. The molecule has 0 bridgehead atoms. The summed E-state index contributed by atoms with van der Waals surface area (Å²) in [5.41, 5.74) is 5.43. The number of hydrogen-bond donors (Lipinski definition) is 3. The number of nitrogens with one attached hydrogen (secondary N) is 2. The van der Waals surface area contributed by atoms with Gasteiger partial charge in [0.2, 0.25) is 15.9 Å². The van der Waals surface area contributed by atoms with E-state index in [1.54, 1.807) is 13.8 Å². The summed E-state index contributed by atoms with van der Waals surface area (Å²) in [6, 6.07) is -0.939. The molecule has 1 heterocycles. The van der Waals surface area contributed by atoms with E-state index in [1.807, 2.05) is 0 Å². The van der Waals surface area contributed by atoms with Crippen LogP contribution in [0.5, 0.6) is 0 Å². The van der Waals surface area contributed by atoms with Crippen molar-refractivity contribution in [3.05, 3.63) is 11.5 Å². The van der Waals surface area contributed by atoms with Gasteiger partial charge >= 0.3 is 0 Å². The minimum Gasteiger partial charge on any atom is -0.360 e. The fourth-order valence-corrected chi connectivity index (χ4v) is 3.20. The highest BCUT2D eigenvalue weighted by molar-refractivity contribution is 7.89. The molecule has 0 saturated carbocycles. The van der Waals surface area contributed by atoms with Gasteiger partial charge in [0.1, 0.15) is 10.6 Å². The highest BCUT2D eigenvalue weighted by Gasteiger charge is 2.28. The maximum atomic E-state index is 12.2. The number of carbonyl (C=O) groups is 1. The van der Waals surface area contributed by atoms with E-state index in [1.165, 1.54) is 20.8 Å². The highest BCUT2D eigenvalue weighted by atomic mass is 35.5. The molecular weight excluding hydrogens is 332 g/mol. The van der Waals surface area contributed by atoms with Crippen molar-refractivity contribution < 1.29 is 17.7 Å². The van der Waals surface area contributed by atoms with Crippen molar-refractivity contribution >= 4 is 28.3 Å². The second-order valence-corrected chi connectivity index (χ2v) is 7.35. The van der Waals surface area contributed by atoms with Crippen molar-refractivity contribution in [3.63, 3.8) is 0 Å². The number of carbonyl (C=O) groups excluding carboxylic acids is 1. The normalized spacial score (nSPS) is 13.4. The van der Waals surface area contributed by atoms with Crippen molar-refractivity contribution in [2.24, 2.45) is 5.73 Å². The summed E-state index contributed by atoms with van der Waals surface area (Å²) in [7, 11) is -3.87. The van der Waals surface area contributed by atoms with Gasteiger partial charge in [0.25, 0.3) is 0 Å². The van der Waals surface area contributed by atoms with Crippen LogP contribution < -0.4 is 15.8 Å². The first-order valence-electron chi connectivity index (χ1n) is 6.46. The van der Waals surface area contributed by atoms with Crippen LogP contribution in [0.2, 0.25) is 0 Å². The van der Waals surface area contributed by atoms with E-state index in [-0.39, 0.29) is 35.3 Å². The van der Waals surface area contributed by atoms with Gasteiger partial charge in [-0.3, -0.25) is 4.79 Å². The van der Waals surface area contributed by atoms with Crippen molar-refractivity contribution in [1.82, 2.24) is 15.2 Å². The molecule has 0 saturated heterocycles. The summed E-state index contributed by atoms with van der Waals surface area (Å²) < 4.78 is 31.6. The van der Waals surface area contributed by atoms with Crippen molar-refractivity contribution in [1.29, 1.82) is 0 Å². The van der Waals surface area contributed by atoms with Crippen molar-refractivity contribution in [2.75, 3.05) is 6.54 Å². The first-order chi connectivity index (χ1) is 9.44. The molecule has 10 heteroatoms. The second-order valence-electron chi connectivity index (χ2n) is 5.70. The molecule has 1 amide bonds. The summed E-state index contributed by atoms with van der Waals surface area (Å²) in [6.45, 7) is 8.22. The Hall–Kier alpha value is -1.16. The van der Waals surface area contributed by atoms with E-state index in [4.69, 9.17) is 10.3 Å². The Morgan fingerprint density at radius 2 is 1.95 bits per heavy atom. The average Bonchev–Trinajstić information content (AvgIpc) is 2.64. The smallest absolute Gasteiger partial charge is 0.246 e. The van der Waals surface area contributed by atoms with Gasteiger partial charge in [0, 0.05) is 12.1 Å². The fraction of sp³-hybridized carbons (Fsp3) is 0.667. The van der Waals surface area contributed by atoms with Gasteiger partial charge in [0.15, 0.2) is 5.76 Å². The minimum atomic E-state index is -3.87. The Morgan fingerprint density at radius 1 is 1.41 bits per heavy atom. The molecule has 1 aromatic heterocycles. The monoisotopic (exact) mass is 354 g/mol. The first-order valence-corrected chi connectivity index (χ1v) is 7.94. The number of amides is 1. The summed E-state index contributed by atoms with van der Waals surface area (Å²) in [5.74, 6) is -0.278. The molecule has 1 unspecified atom stereocenters. The number of rotatable bonds is 6. The molecule has 128 valence electrons. The molecule has 1 aromatic rings. The lowest BCUT2D eigenvalue weighted by Crippen LogP contribution is -2.51. The van der Waals surface area contributed by atoms with Crippen LogP contribution in [0.25, 0.3) is 0 Å². The number of nitrogens with two attached hydrogens (primary N) is 1. The van der Waals surface area contributed by atoms with Crippen LogP contribution in [0.1, 0.15) is 32.2 Å². The average molecular weight is 355 g/mol. The van der Waals surface area contributed by atoms with Crippen LogP contribution in [0.15, 0.2) is 9.42 Å². The Labute approximate surface area is 136 Å². The van der Waals surface area contributed by atoms with Crippen LogP contribution in [0.3, 0.4) is 0 Å². The van der Waals surface area contributed by atoms with Gasteiger partial charge in [-0.05, 0) is 34.6 Å². The molecule has 0 radical (unpaired) electrons.